The summed E-state index contributed by atoms with van der Waals surface area (Å²) in [6, 6.07) is 6.72. The van der Waals surface area contributed by atoms with Crippen LogP contribution in [0.5, 0.6) is 0 Å². The van der Waals surface area contributed by atoms with Crippen molar-refractivity contribution in [3.63, 3.8) is 0 Å². The van der Waals surface area contributed by atoms with Crippen molar-refractivity contribution in [1.29, 1.82) is 0 Å². The zero-order chi connectivity index (χ0) is 13.0. The molecule has 1 aromatic carbocycles. The average Bonchev–Trinajstić information content (AvgIpc) is 2.75. The summed E-state index contributed by atoms with van der Waals surface area (Å²) in [4.78, 5) is 4.11. The van der Waals surface area contributed by atoms with E-state index >= 15 is 0 Å². The van der Waals surface area contributed by atoms with Gasteiger partial charge in [0, 0.05) is 24.6 Å². The maximum absolute atomic E-state index is 13.5. The van der Waals surface area contributed by atoms with Crippen LogP contribution in [0.3, 0.4) is 0 Å². The summed E-state index contributed by atoms with van der Waals surface area (Å²) in [7, 11) is 0. The highest BCUT2D eigenvalue weighted by atomic mass is 19.1. The molecule has 96 valence electrons. The Balaban J connectivity index is 1.85. The molecule has 0 amide bonds. The zero-order valence-corrected chi connectivity index (χ0v) is 10.5. The van der Waals surface area contributed by atoms with Gasteiger partial charge in [0.1, 0.15) is 5.82 Å². The molecule has 1 aromatic heterocycles. The Morgan fingerprint density at radius 2 is 2.17 bits per heavy atom. The van der Waals surface area contributed by atoms with Crippen LogP contribution in [0, 0.1) is 12.7 Å². The summed E-state index contributed by atoms with van der Waals surface area (Å²) in [5, 5.41) is 6.94. The van der Waals surface area contributed by atoms with Gasteiger partial charge in [-0.25, -0.2) is 4.39 Å². The van der Waals surface area contributed by atoms with E-state index in [-0.39, 0.29) is 11.9 Å². The van der Waals surface area contributed by atoms with Crippen molar-refractivity contribution in [2.45, 2.75) is 26.3 Å². The molecule has 1 N–H and O–H groups in total. The Morgan fingerprint density at radius 3 is 2.83 bits per heavy atom. The molecule has 18 heavy (non-hydrogen) atoms. The van der Waals surface area contributed by atoms with Crippen molar-refractivity contribution in [2.75, 3.05) is 6.54 Å². The van der Waals surface area contributed by atoms with Gasteiger partial charge in [-0.3, -0.25) is 0 Å². The van der Waals surface area contributed by atoms with Gasteiger partial charge in [0.25, 0.3) is 0 Å². The van der Waals surface area contributed by atoms with Crippen molar-refractivity contribution in [3.05, 3.63) is 47.4 Å². The Kier molecular flexibility index (Phi) is 4.04. The molecule has 4 nitrogen and oxygen atoms in total. The van der Waals surface area contributed by atoms with Crippen LogP contribution in [0.25, 0.3) is 0 Å². The average molecular weight is 249 g/mol. The largest absolute Gasteiger partial charge is 0.339 e. The van der Waals surface area contributed by atoms with Crippen LogP contribution in [0.4, 0.5) is 4.39 Å². The van der Waals surface area contributed by atoms with Gasteiger partial charge in [-0.2, -0.15) is 4.98 Å². The van der Waals surface area contributed by atoms with Crippen LogP contribution in [0.2, 0.25) is 0 Å². The van der Waals surface area contributed by atoms with Crippen molar-refractivity contribution >= 4 is 0 Å². The molecule has 0 fully saturated rings. The van der Waals surface area contributed by atoms with Crippen LogP contribution in [-0.4, -0.2) is 16.7 Å². The molecular formula is C13H16FN3O. The fourth-order valence-electron chi connectivity index (χ4n) is 1.77. The summed E-state index contributed by atoms with van der Waals surface area (Å²) in [6.45, 7) is 4.37. The van der Waals surface area contributed by atoms with Crippen molar-refractivity contribution < 1.29 is 8.91 Å². The zero-order valence-electron chi connectivity index (χ0n) is 10.5. The van der Waals surface area contributed by atoms with Gasteiger partial charge >= 0.3 is 0 Å². The van der Waals surface area contributed by atoms with Gasteiger partial charge in [-0.05, 0) is 19.9 Å². The molecule has 2 rings (SSSR count). The Hall–Kier alpha value is -1.75. The lowest BCUT2D eigenvalue weighted by Gasteiger charge is -2.14. The van der Waals surface area contributed by atoms with Crippen LogP contribution >= 0.6 is 0 Å². The number of nitrogens with zero attached hydrogens (tertiary/aromatic N) is 2. The highest BCUT2D eigenvalue weighted by Gasteiger charge is 2.10. The summed E-state index contributed by atoms with van der Waals surface area (Å²) in [6.07, 6.45) is 0.639. The molecule has 1 heterocycles. The lowest BCUT2D eigenvalue weighted by Crippen LogP contribution is -2.22. The third kappa shape index (κ3) is 3.13. The van der Waals surface area contributed by atoms with E-state index in [0.29, 0.717) is 30.2 Å². The second-order valence-electron chi connectivity index (χ2n) is 4.18. The topological polar surface area (TPSA) is 51.0 Å². The van der Waals surface area contributed by atoms with E-state index in [1.165, 1.54) is 6.07 Å². The van der Waals surface area contributed by atoms with Crippen LogP contribution in [-0.2, 0) is 6.42 Å². The molecule has 0 saturated heterocycles. The Bertz CT molecular complexity index is 512. The minimum absolute atomic E-state index is 0.0461. The number of rotatable bonds is 5. The number of hydrogen-bond acceptors (Lipinski definition) is 4. The van der Waals surface area contributed by atoms with Crippen LogP contribution < -0.4 is 5.32 Å². The smallest absolute Gasteiger partial charge is 0.227 e. The van der Waals surface area contributed by atoms with E-state index in [1.54, 1.807) is 19.1 Å². The number of hydrogen-bond donors (Lipinski definition) is 1. The number of aromatic nitrogens is 2. The molecule has 2 aromatic rings. The first-order chi connectivity index (χ1) is 8.66. The molecule has 0 radical (unpaired) electrons. The van der Waals surface area contributed by atoms with E-state index in [4.69, 9.17) is 4.52 Å². The number of halogens is 1. The minimum Gasteiger partial charge on any atom is -0.339 e. The minimum atomic E-state index is -0.189. The molecule has 5 heteroatoms. The highest BCUT2D eigenvalue weighted by Crippen LogP contribution is 2.15. The second kappa shape index (κ2) is 5.73. The first kappa shape index (κ1) is 12.7. The van der Waals surface area contributed by atoms with Crippen LogP contribution in [0.15, 0.2) is 28.8 Å². The first-order valence-corrected chi connectivity index (χ1v) is 5.94. The molecule has 0 aliphatic heterocycles. The van der Waals surface area contributed by atoms with Gasteiger partial charge in [0.2, 0.25) is 5.89 Å². The first-order valence-electron chi connectivity index (χ1n) is 5.94. The molecule has 0 aliphatic carbocycles. The molecular weight excluding hydrogens is 233 g/mol. The molecule has 0 spiro atoms. The normalized spacial score (nSPS) is 12.6. The van der Waals surface area contributed by atoms with Gasteiger partial charge < -0.3 is 9.84 Å². The summed E-state index contributed by atoms with van der Waals surface area (Å²) in [5.74, 6) is 1.04. The molecule has 1 unspecified atom stereocenters. The van der Waals surface area contributed by atoms with E-state index < -0.39 is 0 Å². The summed E-state index contributed by atoms with van der Waals surface area (Å²) < 4.78 is 18.5. The van der Waals surface area contributed by atoms with Gasteiger partial charge in [-0.15, -0.1) is 0 Å². The maximum atomic E-state index is 13.5. The van der Waals surface area contributed by atoms with Crippen molar-refractivity contribution in [3.8, 4) is 0 Å². The molecule has 0 bridgehead atoms. The third-order valence-corrected chi connectivity index (χ3v) is 2.73. The lowest BCUT2D eigenvalue weighted by molar-refractivity contribution is 0.369. The second-order valence-corrected chi connectivity index (χ2v) is 4.18. The number of aryl methyl sites for hydroxylation is 1. The van der Waals surface area contributed by atoms with E-state index in [2.05, 4.69) is 15.5 Å². The van der Waals surface area contributed by atoms with Gasteiger partial charge in [-0.1, -0.05) is 23.4 Å². The maximum Gasteiger partial charge on any atom is 0.227 e. The Labute approximate surface area is 105 Å². The number of benzene rings is 1. The third-order valence-electron chi connectivity index (χ3n) is 2.73. The van der Waals surface area contributed by atoms with E-state index in [1.807, 2.05) is 13.0 Å². The van der Waals surface area contributed by atoms with E-state index in [0.717, 1.165) is 0 Å². The Morgan fingerprint density at radius 1 is 1.39 bits per heavy atom. The van der Waals surface area contributed by atoms with Crippen LogP contribution in [0.1, 0.15) is 30.2 Å². The summed E-state index contributed by atoms with van der Waals surface area (Å²) in [5.41, 5.74) is 0.666. The van der Waals surface area contributed by atoms with Crippen molar-refractivity contribution in [1.82, 2.24) is 15.5 Å². The highest BCUT2D eigenvalue weighted by molar-refractivity contribution is 5.20. The molecule has 0 aliphatic rings. The van der Waals surface area contributed by atoms with E-state index in [9.17, 15) is 4.39 Å². The predicted molar refractivity (Wildman–Crippen MR) is 65.6 cm³/mol. The van der Waals surface area contributed by atoms with Gasteiger partial charge in [0.05, 0.1) is 0 Å². The monoisotopic (exact) mass is 249 g/mol. The summed E-state index contributed by atoms with van der Waals surface area (Å²) >= 11 is 0. The van der Waals surface area contributed by atoms with Gasteiger partial charge in [0.15, 0.2) is 5.82 Å². The number of nitrogens with one attached hydrogen (secondary N) is 1. The fraction of sp³-hybridized carbons (Fsp3) is 0.385. The quantitative estimate of drug-likeness (QED) is 0.884. The SMILES string of the molecule is Cc1noc(CCNC(C)c2ccccc2F)n1. The fourth-order valence-corrected chi connectivity index (χ4v) is 1.77. The standard InChI is InChI=1S/C13H16FN3O/c1-9(11-5-3-4-6-12(11)14)15-8-7-13-16-10(2)17-18-13/h3-6,9,15H,7-8H2,1-2H3. The predicted octanol–water partition coefficient (Wildman–Crippen LogP) is 2.41. The molecule has 1 atom stereocenters. The lowest BCUT2D eigenvalue weighted by atomic mass is 10.1. The molecule has 0 saturated carbocycles. The van der Waals surface area contributed by atoms with Crippen molar-refractivity contribution in [2.24, 2.45) is 0 Å².